The zero-order valence-electron chi connectivity index (χ0n) is 12.7. The minimum atomic E-state index is 0.320. The van der Waals surface area contributed by atoms with Crippen molar-refractivity contribution in [3.63, 3.8) is 0 Å². The number of carbonyl (C=O) groups excluding carboxylic acids is 1. The predicted octanol–water partition coefficient (Wildman–Crippen LogP) is 3.04. The number of hydrogen-bond donors (Lipinski definition) is 0. The van der Waals surface area contributed by atoms with Gasteiger partial charge in [-0.25, -0.2) is 0 Å². The summed E-state index contributed by atoms with van der Waals surface area (Å²) in [5.74, 6) is 0.945. The van der Waals surface area contributed by atoms with Crippen LogP contribution in [0, 0.1) is 5.92 Å². The number of likely N-dealkylation sites (tertiary alicyclic amines) is 1. The van der Waals surface area contributed by atoms with Crippen molar-refractivity contribution in [2.24, 2.45) is 5.92 Å². The Labute approximate surface area is 127 Å². The Balaban J connectivity index is 1.42. The second-order valence-corrected chi connectivity index (χ2v) is 6.36. The molecule has 0 radical (unpaired) electrons. The quantitative estimate of drug-likeness (QED) is 0.833. The zero-order chi connectivity index (χ0) is 14.5. The Kier molecular flexibility index (Phi) is 4.91. The predicted molar refractivity (Wildman–Crippen MR) is 83.0 cm³/mol. The highest BCUT2D eigenvalue weighted by Crippen LogP contribution is 2.23. The molecule has 2 atom stereocenters. The lowest BCUT2D eigenvalue weighted by Gasteiger charge is -2.18. The lowest BCUT2D eigenvalue weighted by Crippen LogP contribution is -2.29. The van der Waals surface area contributed by atoms with Crippen molar-refractivity contribution in [3.05, 3.63) is 35.9 Å². The number of carbonyl (C=O) groups is 1. The number of amides is 1. The standard InChI is InChI=1S/C18H25NO2/c20-18(9-8-17-7-4-12-21-17)19-11-10-16(14-19)13-15-5-2-1-3-6-15/h1-3,5-6,16-17H,4,7-14H2/t16-,17-/m1/s1. The van der Waals surface area contributed by atoms with Crippen LogP contribution in [-0.4, -0.2) is 36.6 Å². The fourth-order valence-corrected chi connectivity index (χ4v) is 3.49. The maximum atomic E-state index is 12.3. The van der Waals surface area contributed by atoms with Crippen LogP contribution in [0.3, 0.4) is 0 Å². The molecule has 21 heavy (non-hydrogen) atoms. The molecule has 0 aromatic heterocycles. The van der Waals surface area contributed by atoms with E-state index >= 15 is 0 Å². The molecule has 2 aliphatic heterocycles. The second kappa shape index (κ2) is 7.08. The first-order valence-electron chi connectivity index (χ1n) is 8.24. The summed E-state index contributed by atoms with van der Waals surface area (Å²) in [6, 6.07) is 10.6. The lowest BCUT2D eigenvalue weighted by molar-refractivity contribution is -0.130. The minimum absolute atomic E-state index is 0.320. The van der Waals surface area contributed by atoms with Crippen LogP contribution in [0.5, 0.6) is 0 Å². The molecule has 2 aliphatic rings. The molecular weight excluding hydrogens is 262 g/mol. The normalized spacial score (nSPS) is 25.4. The topological polar surface area (TPSA) is 29.5 Å². The van der Waals surface area contributed by atoms with Gasteiger partial charge in [0, 0.05) is 26.1 Å². The average molecular weight is 287 g/mol. The molecule has 1 aromatic rings. The Morgan fingerprint density at radius 3 is 2.86 bits per heavy atom. The van der Waals surface area contributed by atoms with E-state index in [0.717, 1.165) is 51.8 Å². The average Bonchev–Trinajstić information content (AvgIpc) is 3.17. The van der Waals surface area contributed by atoms with E-state index in [1.165, 1.54) is 5.56 Å². The molecule has 2 fully saturated rings. The van der Waals surface area contributed by atoms with Crippen molar-refractivity contribution in [1.29, 1.82) is 0 Å². The summed E-state index contributed by atoms with van der Waals surface area (Å²) < 4.78 is 5.60. The third-order valence-corrected chi connectivity index (χ3v) is 4.71. The summed E-state index contributed by atoms with van der Waals surface area (Å²) in [6.07, 6.45) is 6.40. The molecule has 0 saturated carbocycles. The van der Waals surface area contributed by atoms with Gasteiger partial charge in [-0.15, -0.1) is 0 Å². The Bertz CT molecular complexity index is 454. The number of hydrogen-bond acceptors (Lipinski definition) is 2. The van der Waals surface area contributed by atoms with Crippen molar-refractivity contribution in [2.75, 3.05) is 19.7 Å². The van der Waals surface area contributed by atoms with Gasteiger partial charge in [0.15, 0.2) is 0 Å². The van der Waals surface area contributed by atoms with Crippen LogP contribution in [0.25, 0.3) is 0 Å². The van der Waals surface area contributed by atoms with Crippen LogP contribution >= 0.6 is 0 Å². The van der Waals surface area contributed by atoms with E-state index in [4.69, 9.17) is 4.74 Å². The molecule has 0 N–H and O–H groups in total. The molecule has 3 heteroatoms. The number of benzene rings is 1. The number of nitrogens with zero attached hydrogens (tertiary/aromatic N) is 1. The Morgan fingerprint density at radius 2 is 2.10 bits per heavy atom. The second-order valence-electron chi connectivity index (χ2n) is 6.36. The van der Waals surface area contributed by atoms with Crippen LogP contribution in [0.4, 0.5) is 0 Å². The number of ether oxygens (including phenoxy) is 1. The maximum Gasteiger partial charge on any atom is 0.222 e. The molecule has 0 bridgehead atoms. The summed E-state index contributed by atoms with van der Waals surface area (Å²) in [6.45, 7) is 2.74. The van der Waals surface area contributed by atoms with Gasteiger partial charge in [0.05, 0.1) is 6.10 Å². The summed E-state index contributed by atoms with van der Waals surface area (Å²) in [5.41, 5.74) is 1.39. The van der Waals surface area contributed by atoms with Gasteiger partial charge in [-0.1, -0.05) is 30.3 Å². The van der Waals surface area contributed by atoms with Gasteiger partial charge in [0.2, 0.25) is 5.91 Å². The summed E-state index contributed by atoms with van der Waals surface area (Å²) in [7, 11) is 0. The SMILES string of the molecule is O=C(CC[C@H]1CCCO1)N1CC[C@H](Cc2ccccc2)C1. The van der Waals surface area contributed by atoms with E-state index in [2.05, 4.69) is 35.2 Å². The maximum absolute atomic E-state index is 12.3. The first-order chi connectivity index (χ1) is 10.3. The first-order valence-corrected chi connectivity index (χ1v) is 8.24. The Morgan fingerprint density at radius 1 is 1.24 bits per heavy atom. The van der Waals surface area contributed by atoms with Crippen LogP contribution in [0.1, 0.15) is 37.7 Å². The molecule has 114 valence electrons. The summed E-state index contributed by atoms with van der Waals surface area (Å²) >= 11 is 0. The third kappa shape index (κ3) is 4.07. The molecule has 0 aliphatic carbocycles. The van der Waals surface area contributed by atoms with E-state index in [1.54, 1.807) is 0 Å². The molecule has 0 unspecified atom stereocenters. The van der Waals surface area contributed by atoms with Gasteiger partial charge in [0.1, 0.15) is 0 Å². The van der Waals surface area contributed by atoms with Gasteiger partial charge >= 0.3 is 0 Å². The monoisotopic (exact) mass is 287 g/mol. The van der Waals surface area contributed by atoms with Crippen molar-refractivity contribution in [3.8, 4) is 0 Å². The van der Waals surface area contributed by atoms with E-state index in [1.807, 2.05) is 0 Å². The van der Waals surface area contributed by atoms with Crippen molar-refractivity contribution < 1.29 is 9.53 Å². The molecule has 3 rings (SSSR count). The molecule has 1 aromatic carbocycles. The fourth-order valence-electron chi connectivity index (χ4n) is 3.49. The zero-order valence-corrected chi connectivity index (χ0v) is 12.7. The highest BCUT2D eigenvalue weighted by Gasteiger charge is 2.27. The molecule has 1 amide bonds. The van der Waals surface area contributed by atoms with Crippen LogP contribution in [0.2, 0.25) is 0 Å². The van der Waals surface area contributed by atoms with E-state index < -0.39 is 0 Å². The van der Waals surface area contributed by atoms with E-state index in [0.29, 0.717) is 24.3 Å². The summed E-state index contributed by atoms with van der Waals surface area (Å²) in [4.78, 5) is 14.3. The Hall–Kier alpha value is -1.35. The van der Waals surface area contributed by atoms with Crippen LogP contribution < -0.4 is 0 Å². The van der Waals surface area contributed by atoms with Gasteiger partial charge in [-0.05, 0) is 43.6 Å². The molecule has 3 nitrogen and oxygen atoms in total. The lowest BCUT2D eigenvalue weighted by atomic mass is 9.99. The third-order valence-electron chi connectivity index (χ3n) is 4.71. The molecule has 2 saturated heterocycles. The van der Waals surface area contributed by atoms with Crippen molar-refractivity contribution in [2.45, 2.75) is 44.6 Å². The molecule has 0 spiro atoms. The van der Waals surface area contributed by atoms with Crippen LogP contribution in [0.15, 0.2) is 30.3 Å². The van der Waals surface area contributed by atoms with E-state index in [9.17, 15) is 4.79 Å². The number of rotatable bonds is 5. The minimum Gasteiger partial charge on any atom is -0.378 e. The summed E-state index contributed by atoms with van der Waals surface area (Å²) in [5, 5.41) is 0. The van der Waals surface area contributed by atoms with Crippen molar-refractivity contribution in [1.82, 2.24) is 4.90 Å². The highest BCUT2D eigenvalue weighted by molar-refractivity contribution is 5.76. The smallest absolute Gasteiger partial charge is 0.222 e. The van der Waals surface area contributed by atoms with E-state index in [-0.39, 0.29) is 0 Å². The van der Waals surface area contributed by atoms with Gasteiger partial charge in [-0.2, -0.15) is 0 Å². The first kappa shape index (κ1) is 14.6. The van der Waals surface area contributed by atoms with Gasteiger partial charge < -0.3 is 9.64 Å². The highest BCUT2D eigenvalue weighted by atomic mass is 16.5. The van der Waals surface area contributed by atoms with Crippen molar-refractivity contribution >= 4 is 5.91 Å². The fraction of sp³-hybridized carbons (Fsp3) is 0.611. The van der Waals surface area contributed by atoms with Crippen LogP contribution in [-0.2, 0) is 16.0 Å². The largest absolute Gasteiger partial charge is 0.378 e. The van der Waals surface area contributed by atoms with Gasteiger partial charge in [-0.3, -0.25) is 4.79 Å². The molecular formula is C18H25NO2. The van der Waals surface area contributed by atoms with Gasteiger partial charge in [0.25, 0.3) is 0 Å². The molecule has 2 heterocycles.